The molecule has 5 aliphatic heterocycles. The molecule has 0 spiro atoms. The van der Waals surface area contributed by atoms with Gasteiger partial charge in [-0.15, -0.1) is 0 Å². The number of rotatable bonds is 5. The fraction of sp³-hybridized carbons (Fsp3) is 0.696. The first-order valence-corrected chi connectivity index (χ1v) is 11.5. The van der Waals surface area contributed by atoms with Gasteiger partial charge in [-0.1, -0.05) is 30.3 Å². The molecular formula is C23H36N6. The minimum atomic E-state index is 0.539. The van der Waals surface area contributed by atoms with Crippen LogP contribution in [0.4, 0.5) is 0 Å². The SMILES string of the molecule is CN=C(NCC1CN2CCN1CC2)NC1CC2CCC(C1)N2Cc1ccccc1. The summed E-state index contributed by atoms with van der Waals surface area (Å²) in [5, 5.41) is 7.38. The van der Waals surface area contributed by atoms with E-state index in [1.165, 1.54) is 64.0 Å². The van der Waals surface area contributed by atoms with Crippen LogP contribution in [0.3, 0.4) is 0 Å². The highest BCUT2D eigenvalue weighted by Gasteiger charge is 2.40. The Labute approximate surface area is 175 Å². The normalized spacial score (nSPS) is 36.9. The summed E-state index contributed by atoms with van der Waals surface area (Å²) in [7, 11) is 1.91. The van der Waals surface area contributed by atoms with Gasteiger partial charge in [0, 0.05) is 77.0 Å². The Morgan fingerprint density at radius 3 is 2.38 bits per heavy atom. The second-order valence-electron chi connectivity index (χ2n) is 9.30. The Hall–Kier alpha value is -1.63. The zero-order valence-corrected chi connectivity index (χ0v) is 17.8. The summed E-state index contributed by atoms with van der Waals surface area (Å²) >= 11 is 0. The molecule has 6 nitrogen and oxygen atoms in total. The van der Waals surface area contributed by atoms with Crippen molar-refractivity contribution in [2.24, 2.45) is 4.99 Å². The number of guanidine groups is 1. The molecule has 5 fully saturated rings. The Morgan fingerprint density at radius 1 is 1.03 bits per heavy atom. The molecule has 1 aromatic rings. The van der Waals surface area contributed by atoms with Gasteiger partial charge in [0.15, 0.2) is 5.96 Å². The third-order valence-corrected chi connectivity index (χ3v) is 7.55. The predicted octanol–water partition coefficient (Wildman–Crippen LogP) is 1.35. The van der Waals surface area contributed by atoms with E-state index < -0.39 is 0 Å². The predicted molar refractivity (Wildman–Crippen MR) is 118 cm³/mol. The van der Waals surface area contributed by atoms with E-state index in [0.29, 0.717) is 24.2 Å². The van der Waals surface area contributed by atoms with Gasteiger partial charge in [0.2, 0.25) is 0 Å². The highest BCUT2D eigenvalue weighted by Crippen LogP contribution is 2.36. The van der Waals surface area contributed by atoms with Crippen LogP contribution in [0.5, 0.6) is 0 Å². The summed E-state index contributed by atoms with van der Waals surface area (Å²) < 4.78 is 0. The lowest BCUT2D eigenvalue weighted by Crippen LogP contribution is -2.64. The summed E-state index contributed by atoms with van der Waals surface area (Å²) in [6, 6.07) is 13.5. The minimum Gasteiger partial charge on any atom is -0.355 e. The molecule has 3 unspecified atom stereocenters. The van der Waals surface area contributed by atoms with E-state index in [1.807, 2.05) is 7.05 Å². The number of piperazine rings is 3. The second-order valence-corrected chi connectivity index (χ2v) is 9.30. The number of piperidine rings is 1. The van der Waals surface area contributed by atoms with Crippen LogP contribution >= 0.6 is 0 Å². The number of hydrogen-bond donors (Lipinski definition) is 2. The molecule has 0 amide bonds. The lowest BCUT2D eigenvalue weighted by Gasteiger charge is -2.47. The molecular weight excluding hydrogens is 360 g/mol. The van der Waals surface area contributed by atoms with Crippen molar-refractivity contribution in [3.05, 3.63) is 35.9 Å². The number of hydrogen-bond acceptors (Lipinski definition) is 4. The van der Waals surface area contributed by atoms with E-state index in [9.17, 15) is 0 Å². The van der Waals surface area contributed by atoms with Gasteiger partial charge in [-0.05, 0) is 31.2 Å². The standard InChI is InChI=1S/C23H36N6/c1-24-23(25-15-22-17-27-9-11-28(22)12-10-27)26-19-13-20-7-8-21(14-19)29(20)16-18-5-3-2-4-6-18/h2-6,19-22H,7-17H2,1H3,(H2,24,25,26). The van der Waals surface area contributed by atoms with Gasteiger partial charge < -0.3 is 10.6 Å². The monoisotopic (exact) mass is 396 g/mol. The maximum absolute atomic E-state index is 4.53. The average molecular weight is 397 g/mol. The number of aliphatic imine (C=N–C) groups is 1. The van der Waals surface area contributed by atoms with Crippen molar-refractivity contribution in [2.75, 3.05) is 46.3 Å². The molecule has 0 saturated carbocycles. The quantitative estimate of drug-likeness (QED) is 0.581. The molecule has 5 aliphatic rings. The molecule has 3 atom stereocenters. The molecule has 158 valence electrons. The fourth-order valence-electron chi connectivity index (χ4n) is 5.97. The van der Waals surface area contributed by atoms with E-state index in [4.69, 9.17) is 0 Å². The Kier molecular flexibility index (Phi) is 5.75. The fourth-order valence-corrected chi connectivity index (χ4v) is 5.97. The van der Waals surface area contributed by atoms with E-state index in [-0.39, 0.29) is 0 Å². The van der Waals surface area contributed by atoms with Crippen molar-refractivity contribution in [1.29, 1.82) is 0 Å². The summed E-state index contributed by atoms with van der Waals surface area (Å²) in [5.41, 5.74) is 1.45. The first kappa shape index (κ1) is 19.3. The maximum atomic E-state index is 4.53. The maximum Gasteiger partial charge on any atom is 0.191 e. The second kappa shape index (κ2) is 8.62. The van der Waals surface area contributed by atoms with Gasteiger partial charge in [0.1, 0.15) is 0 Å². The topological polar surface area (TPSA) is 46.1 Å². The third-order valence-electron chi connectivity index (χ3n) is 7.55. The molecule has 2 N–H and O–H groups in total. The van der Waals surface area contributed by atoms with E-state index in [2.05, 4.69) is 60.7 Å². The van der Waals surface area contributed by atoms with Crippen LogP contribution in [0.25, 0.3) is 0 Å². The molecule has 6 rings (SSSR count). The smallest absolute Gasteiger partial charge is 0.191 e. The van der Waals surface area contributed by atoms with Gasteiger partial charge in [-0.3, -0.25) is 19.7 Å². The Balaban J connectivity index is 1.12. The lowest BCUT2D eigenvalue weighted by atomic mass is 9.96. The van der Waals surface area contributed by atoms with Crippen molar-refractivity contribution in [1.82, 2.24) is 25.3 Å². The van der Waals surface area contributed by atoms with Gasteiger partial charge in [0.25, 0.3) is 0 Å². The molecule has 0 aliphatic carbocycles. The van der Waals surface area contributed by atoms with Crippen LogP contribution in [-0.2, 0) is 6.54 Å². The van der Waals surface area contributed by atoms with Crippen LogP contribution in [0, 0.1) is 0 Å². The van der Waals surface area contributed by atoms with Gasteiger partial charge in [0.05, 0.1) is 0 Å². The van der Waals surface area contributed by atoms with Gasteiger partial charge in [-0.25, -0.2) is 0 Å². The highest BCUT2D eigenvalue weighted by molar-refractivity contribution is 5.80. The van der Waals surface area contributed by atoms with Crippen LogP contribution < -0.4 is 10.6 Å². The summed E-state index contributed by atoms with van der Waals surface area (Å²) in [5.74, 6) is 0.989. The average Bonchev–Trinajstić information content (AvgIpc) is 3.00. The molecule has 5 saturated heterocycles. The van der Waals surface area contributed by atoms with Crippen molar-refractivity contribution in [3.63, 3.8) is 0 Å². The Morgan fingerprint density at radius 2 is 1.76 bits per heavy atom. The van der Waals surface area contributed by atoms with E-state index >= 15 is 0 Å². The first-order chi connectivity index (χ1) is 14.3. The van der Waals surface area contributed by atoms with Crippen molar-refractivity contribution >= 4 is 5.96 Å². The molecule has 4 bridgehead atoms. The van der Waals surface area contributed by atoms with Gasteiger partial charge in [-0.2, -0.15) is 0 Å². The molecule has 29 heavy (non-hydrogen) atoms. The molecule has 6 heteroatoms. The lowest BCUT2D eigenvalue weighted by molar-refractivity contribution is 0.0153. The minimum absolute atomic E-state index is 0.539. The highest BCUT2D eigenvalue weighted by atomic mass is 15.4. The summed E-state index contributed by atoms with van der Waals surface area (Å²) in [6.07, 6.45) is 5.14. The van der Waals surface area contributed by atoms with Crippen molar-refractivity contribution < 1.29 is 0 Å². The largest absolute Gasteiger partial charge is 0.355 e. The molecule has 0 radical (unpaired) electrons. The van der Waals surface area contributed by atoms with Gasteiger partial charge >= 0.3 is 0 Å². The number of nitrogens with zero attached hydrogens (tertiary/aromatic N) is 4. The van der Waals surface area contributed by atoms with Crippen LogP contribution in [-0.4, -0.2) is 91.1 Å². The summed E-state index contributed by atoms with van der Waals surface area (Å²) in [4.78, 5) is 12.5. The zero-order valence-electron chi connectivity index (χ0n) is 17.8. The van der Waals surface area contributed by atoms with Crippen LogP contribution in [0.15, 0.2) is 35.3 Å². The molecule has 0 aromatic heterocycles. The van der Waals surface area contributed by atoms with Crippen LogP contribution in [0.2, 0.25) is 0 Å². The molecule has 1 aromatic carbocycles. The van der Waals surface area contributed by atoms with Crippen LogP contribution in [0.1, 0.15) is 31.2 Å². The zero-order chi connectivity index (χ0) is 19.6. The van der Waals surface area contributed by atoms with Crippen molar-refractivity contribution in [2.45, 2.75) is 56.4 Å². The third kappa shape index (κ3) is 4.30. The number of nitrogens with one attached hydrogen (secondary N) is 2. The number of fused-ring (bicyclic) bond motifs is 5. The number of benzene rings is 1. The van der Waals surface area contributed by atoms with E-state index in [0.717, 1.165) is 19.0 Å². The van der Waals surface area contributed by atoms with E-state index in [1.54, 1.807) is 0 Å². The molecule has 5 heterocycles. The van der Waals surface area contributed by atoms with Crippen molar-refractivity contribution in [3.8, 4) is 0 Å². The Bertz CT molecular complexity index is 685. The summed E-state index contributed by atoms with van der Waals surface area (Å²) in [6.45, 7) is 8.23. The first-order valence-electron chi connectivity index (χ1n) is 11.5.